The molecule has 0 unspecified atom stereocenters. The molecule has 8 heteroatoms. The molecule has 0 atom stereocenters. The van der Waals surface area contributed by atoms with Gasteiger partial charge in [0.15, 0.2) is 5.13 Å². The minimum absolute atomic E-state index is 0.0513. The Labute approximate surface area is 81.2 Å². The first-order valence-electron chi connectivity index (χ1n) is 3.45. The molecule has 0 aliphatic rings. The molecule has 0 aromatic carbocycles. The van der Waals surface area contributed by atoms with Crippen LogP contribution in [-0.2, 0) is 0 Å². The van der Waals surface area contributed by atoms with Gasteiger partial charge >= 0.3 is 5.97 Å². The normalized spacial score (nSPS) is 10.3. The van der Waals surface area contributed by atoms with Crippen molar-refractivity contribution in [3.05, 3.63) is 11.2 Å². The minimum atomic E-state index is -1.25. The Balaban J connectivity index is 2.38. The quantitative estimate of drug-likeness (QED) is 0.743. The van der Waals surface area contributed by atoms with Gasteiger partial charge in [-0.25, -0.2) is 9.78 Å². The van der Waals surface area contributed by atoms with Crippen LogP contribution >= 0.6 is 11.3 Å². The van der Waals surface area contributed by atoms with E-state index < -0.39 is 11.8 Å². The summed E-state index contributed by atoms with van der Waals surface area (Å²) in [5.74, 6) is -1.59. The highest BCUT2D eigenvalue weighted by Crippen LogP contribution is 2.20. The summed E-state index contributed by atoms with van der Waals surface area (Å²) in [6, 6.07) is 0. The summed E-state index contributed by atoms with van der Waals surface area (Å²) >= 11 is 1.21. The highest BCUT2D eigenvalue weighted by Gasteiger charge is 2.15. The molecule has 0 amide bonds. The molecule has 0 aliphatic heterocycles. The van der Waals surface area contributed by atoms with E-state index in [0.717, 1.165) is 0 Å². The number of carbonyl (C=O) groups is 1. The van der Waals surface area contributed by atoms with Crippen molar-refractivity contribution in [3.8, 4) is 11.6 Å². The SMILES string of the molecule is Nc1nc(-c2nc(C(=O)O)no2)cs1. The summed E-state index contributed by atoms with van der Waals surface area (Å²) in [7, 11) is 0. The van der Waals surface area contributed by atoms with Crippen molar-refractivity contribution in [2.45, 2.75) is 0 Å². The molecule has 3 N–H and O–H groups in total. The van der Waals surface area contributed by atoms with Gasteiger partial charge in [-0.3, -0.25) is 0 Å². The zero-order chi connectivity index (χ0) is 10.1. The monoisotopic (exact) mass is 212 g/mol. The van der Waals surface area contributed by atoms with Crippen molar-refractivity contribution in [2.24, 2.45) is 0 Å². The van der Waals surface area contributed by atoms with Crippen LogP contribution in [0.2, 0.25) is 0 Å². The summed E-state index contributed by atoms with van der Waals surface area (Å²) in [5, 5.41) is 13.7. The molecule has 0 radical (unpaired) electrons. The molecule has 0 bridgehead atoms. The molecule has 0 saturated carbocycles. The maximum Gasteiger partial charge on any atom is 0.377 e. The Morgan fingerprint density at radius 2 is 2.36 bits per heavy atom. The second-order valence-electron chi connectivity index (χ2n) is 2.30. The summed E-state index contributed by atoms with van der Waals surface area (Å²) < 4.78 is 4.67. The van der Waals surface area contributed by atoms with E-state index in [1.165, 1.54) is 11.3 Å². The Morgan fingerprint density at radius 3 is 2.86 bits per heavy atom. The van der Waals surface area contributed by atoms with Crippen molar-refractivity contribution in [1.82, 2.24) is 15.1 Å². The highest BCUT2D eigenvalue weighted by atomic mass is 32.1. The summed E-state index contributed by atoms with van der Waals surface area (Å²) in [6.45, 7) is 0. The lowest BCUT2D eigenvalue weighted by Crippen LogP contribution is -1.98. The van der Waals surface area contributed by atoms with Crippen LogP contribution in [0.3, 0.4) is 0 Å². The van der Waals surface area contributed by atoms with Crippen LogP contribution in [0.1, 0.15) is 10.6 Å². The average molecular weight is 212 g/mol. The van der Waals surface area contributed by atoms with Gasteiger partial charge in [-0.05, 0) is 5.16 Å². The van der Waals surface area contributed by atoms with Crippen LogP contribution in [0.25, 0.3) is 11.6 Å². The Bertz CT molecular complexity index is 477. The van der Waals surface area contributed by atoms with E-state index >= 15 is 0 Å². The highest BCUT2D eigenvalue weighted by molar-refractivity contribution is 7.13. The number of nitrogens with zero attached hydrogens (tertiary/aromatic N) is 3. The molecular formula is C6H4N4O3S. The lowest BCUT2D eigenvalue weighted by molar-refractivity contribution is 0.0680. The number of aromatic nitrogens is 3. The fraction of sp³-hybridized carbons (Fsp3) is 0. The van der Waals surface area contributed by atoms with E-state index in [0.29, 0.717) is 10.8 Å². The van der Waals surface area contributed by atoms with E-state index in [1.807, 2.05) is 0 Å². The molecule has 0 fully saturated rings. The molecule has 0 spiro atoms. The van der Waals surface area contributed by atoms with Gasteiger partial charge in [-0.15, -0.1) is 11.3 Å². The van der Waals surface area contributed by atoms with Gasteiger partial charge in [0.1, 0.15) is 5.69 Å². The fourth-order valence-electron chi connectivity index (χ4n) is 0.800. The molecule has 14 heavy (non-hydrogen) atoms. The van der Waals surface area contributed by atoms with Crippen LogP contribution in [0.15, 0.2) is 9.90 Å². The number of nitrogen functional groups attached to an aromatic ring is 1. The van der Waals surface area contributed by atoms with Gasteiger partial charge in [0.25, 0.3) is 11.7 Å². The molecule has 72 valence electrons. The van der Waals surface area contributed by atoms with Crippen LogP contribution in [0.5, 0.6) is 0 Å². The number of carboxylic acids is 1. The van der Waals surface area contributed by atoms with Crippen LogP contribution in [0.4, 0.5) is 5.13 Å². The van der Waals surface area contributed by atoms with Crippen molar-refractivity contribution in [1.29, 1.82) is 0 Å². The topological polar surface area (TPSA) is 115 Å². The predicted octanol–water partition coefficient (Wildman–Crippen LogP) is 0.473. The van der Waals surface area contributed by atoms with Gasteiger partial charge < -0.3 is 15.4 Å². The molecular weight excluding hydrogens is 208 g/mol. The fourth-order valence-corrected chi connectivity index (χ4v) is 1.34. The van der Waals surface area contributed by atoms with Gasteiger partial charge in [-0.1, -0.05) is 0 Å². The molecule has 2 rings (SSSR count). The maximum atomic E-state index is 10.4. The van der Waals surface area contributed by atoms with E-state index in [9.17, 15) is 4.79 Å². The number of hydrogen-bond donors (Lipinski definition) is 2. The molecule has 0 saturated heterocycles. The number of rotatable bonds is 2. The van der Waals surface area contributed by atoms with Crippen LogP contribution < -0.4 is 5.73 Å². The second kappa shape index (κ2) is 3.07. The standard InChI is InChI=1S/C6H4N4O3S/c7-6-8-2(1-14-6)4-9-3(5(11)12)10-13-4/h1H,(H2,7,8)(H,11,12). The van der Waals surface area contributed by atoms with Crippen molar-refractivity contribution in [2.75, 3.05) is 5.73 Å². The van der Waals surface area contributed by atoms with Gasteiger partial charge in [-0.2, -0.15) is 4.98 Å². The molecule has 0 aliphatic carbocycles. The lowest BCUT2D eigenvalue weighted by atomic mass is 10.5. The van der Waals surface area contributed by atoms with Crippen molar-refractivity contribution >= 4 is 22.4 Å². The number of nitrogens with two attached hydrogens (primary N) is 1. The molecule has 2 aromatic rings. The maximum absolute atomic E-state index is 10.4. The third kappa shape index (κ3) is 1.42. The predicted molar refractivity (Wildman–Crippen MR) is 46.8 cm³/mol. The van der Waals surface area contributed by atoms with E-state index in [2.05, 4.69) is 19.6 Å². The molecule has 2 aromatic heterocycles. The van der Waals surface area contributed by atoms with E-state index in [4.69, 9.17) is 10.8 Å². The zero-order valence-electron chi connectivity index (χ0n) is 6.67. The average Bonchev–Trinajstić information content (AvgIpc) is 2.70. The first kappa shape index (κ1) is 8.63. The summed E-state index contributed by atoms with van der Waals surface area (Å²) in [4.78, 5) is 17.9. The Kier molecular flexibility index (Phi) is 1.89. The lowest BCUT2D eigenvalue weighted by Gasteiger charge is -1.81. The number of thiazole rings is 1. The third-order valence-corrected chi connectivity index (χ3v) is 2.03. The third-order valence-electron chi connectivity index (χ3n) is 1.36. The summed E-state index contributed by atoms with van der Waals surface area (Å²) in [5.41, 5.74) is 5.77. The van der Waals surface area contributed by atoms with Crippen LogP contribution in [0, 0.1) is 0 Å². The van der Waals surface area contributed by atoms with E-state index in [-0.39, 0.29) is 5.89 Å². The first-order chi connectivity index (χ1) is 6.66. The van der Waals surface area contributed by atoms with Gasteiger partial charge in [0, 0.05) is 5.38 Å². The Morgan fingerprint density at radius 1 is 1.57 bits per heavy atom. The number of carboxylic acid groups (broad SMARTS) is 1. The van der Waals surface area contributed by atoms with Crippen molar-refractivity contribution in [3.63, 3.8) is 0 Å². The Hall–Kier alpha value is -1.96. The van der Waals surface area contributed by atoms with Crippen molar-refractivity contribution < 1.29 is 14.4 Å². The first-order valence-corrected chi connectivity index (χ1v) is 4.33. The molecule has 7 nitrogen and oxygen atoms in total. The largest absolute Gasteiger partial charge is 0.475 e. The summed E-state index contributed by atoms with van der Waals surface area (Å²) in [6.07, 6.45) is 0. The van der Waals surface area contributed by atoms with Gasteiger partial charge in [0.2, 0.25) is 0 Å². The second-order valence-corrected chi connectivity index (χ2v) is 3.19. The minimum Gasteiger partial charge on any atom is -0.475 e. The number of hydrogen-bond acceptors (Lipinski definition) is 7. The van der Waals surface area contributed by atoms with Gasteiger partial charge in [0.05, 0.1) is 0 Å². The van der Waals surface area contributed by atoms with Crippen LogP contribution in [-0.4, -0.2) is 26.2 Å². The number of anilines is 1. The smallest absolute Gasteiger partial charge is 0.377 e. The van der Waals surface area contributed by atoms with E-state index in [1.54, 1.807) is 5.38 Å². The number of aromatic carboxylic acids is 1. The molecule has 2 heterocycles. The zero-order valence-corrected chi connectivity index (χ0v) is 7.48.